The van der Waals surface area contributed by atoms with Crippen molar-refractivity contribution < 1.29 is 4.79 Å². The van der Waals surface area contributed by atoms with Crippen LogP contribution in [0.2, 0.25) is 0 Å². The average Bonchev–Trinajstić information content (AvgIpc) is 2.91. The Morgan fingerprint density at radius 2 is 1.97 bits per heavy atom. The molecule has 0 saturated heterocycles. The fourth-order valence-electron chi connectivity index (χ4n) is 3.08. The van der Waals surface area contributed by atoms with E-state index in [9.17, 15) is 14.4 Å². The molecule has 1 aromatic carbocycles. The van der Waals surface area contributed by atoms with Gasteiger partial charge >= 0.3 is 0 Å². The van der Waals surface area contributed by atoms with E-state index in [0.29, 0.717) is 28.7 Å². The molecule has 1 atom stereocenters. The summed E-state index contributed by atoms with van der Waals surface area (Å²) in [7, 11) is 1.77. The quantitative estimate of drug-likeness (QED) is 0.446. The number of aromatic amines is 1. The van der Waals surface area contributed by atoms with E-state index >= 15 is 0 Å². The summed E-state index contributed by atoms with van der Waals surface area (Å²) >= 11 is 1.15. The third-order valence-corrected chi connectivity index (χ3v) is 5.72. The van der Waals surface area contributed by atoms with Gasteiger partial charge in [0.15, 0.2) is 5.16 Å². The van der Waals surface area contributed by atoms with E-state index in [1.165, 1.54) is 10.7 Å². The highest BCUT2D eigenvalue weighted by atomic mass is 32.2. The van der Waals surface area contributed by atoms with Crippen molar-refractivity contribution in [2.24, 2.45) is 7.05 Å². The number of nitrogens with one attached hydrogen (secondary N) is 2. The molecule has 30 heavy (non-hydrogen) atoms. The Kier molecular flexibility index (Phi) is 6.61. The lowest BCUT2D eigenvalue weighted by Crippen LogP contribution is -2.27. The smallest absolute Gasteiger partial charge is 0.295 e. The van der Waals surface area contributed by atoms with E-state index < -0.39 is 5.25 Å². The molecule has 2 N–H and O–H groups in total. The Morgan fingerprint density at radius 3 is 2.63 bits per heavy atom. The summed E-state index contributed by atoms with van der Waals surface area (Å²) < 4.78 is 3.22. The number of nitrogens with zero attached hydrogens (tertiary/aromatic N) is 3. The zero-order valence-electron chi connectivity index (χ0n) is 17.4. The molecule has 2 aromatic heterocycles. The third-order valence-electron chi connectivity index (χ3n) is 4.74. The van der Waals surface area contributed by atoms with Crippen LogP contribution < -0.4 is 16.4 Å². The number of carbonyl (C=O) groups excluding carboxylic acids is 1. The number of para-hydroxylation sites is 1. The zero-order chi connectivity index (χ0) is 21.8. The van der Waals surface area contributed by atoms with Crippen LogP contribution in [0.15, 0.2) is 51.1 Å². The second kappa shape index (κ2) is 9.17. The predicted molar refractivity (Wildman–Crippen MR) is 119 cm³/mol. The highest BCUT2D eigenvalue weighted by Crippen LogP contribution is 2.21. The standard InChI is InChI=1S/C21H25N5O3S/c1-5-9-15-12-17(27)23-21(22-15)30-14(3)19(28)24-18-13(2)25(4)26(20(18)29)16-10-7-6-8-11-16/h6-8,10-12,14H,5,9H2,1-4H3,(H,24,28)(H,22,23,27). The van der Waals surface area contributed by atoms with Gasteiger partial charge in [-0.2, -0.15) is 0 Å². The first kappa shape index (κ1) is 21.6. The van der Waals surface area contributed by atoms with Gasteiger partial charge in [-0.3, -0.25) is 19.1 Å². The normalized spacial score (nSPS) is 12.0. The molecule has 0 spiro atoms. The van der Waals surface area contributed by atoms with Gasteiger partial charge in [0, 0.05) is 18.8 Å². The van der Waals surface area contributed by atoms with Crippen LogP contribution in [0.5, 0.6) is 0 Å². The first-order valence-corrected chi connectivity index (χ1v) is 10.6. The molecule has 9 heteroatoms. The molecule has 0 radical (unpaired) electrons. The number of carbonyl (C=O) groups is 1. The summed E-state index contributed by atoms with van der Waals surface area (Å²) in [5.74, 6) is -0.338. The number of aromatic nitrogens is 4. The molecule has 2 heterocycles. The van der Waals surface area contributed by atoms with Gasteiger partial charge in [0.05, 0.1) is 16.6 Å². The molecule has 0 fully saturated rings. The van der Waals surface area contributed by atoms with Crippen molar-refractivity contribution in [3.8, 4) is 5.69 Å². The highest BCUT2D eigenvalue weighted by Gasteiger charge is 2.22. The first-order valence-electron chi connectivity index (χ1n) is 9.73. The van der Waals surface area contributed by atoms with Crippen molar-refractivity contribution in [1.82, 2.24) is 19.3 Å². The Labute approximate surface area is 178 Å². The summed E-state index contributed by atoms with van der Waals surface area (Å²) in [5.41, 5.74) is 1.74. The number of rotatable bonds is 7. The highest BCUT2D eigenvalue weighted by molar-refractivity contribution is 8.00. The Morgan fingerprint density at radius 1 is 1.27 bits per heavy atom. The van der Waals surface area contributed by atoms with Crippen molar-refractivity contribution in [3.05, 3.63) is 68.5 Å². The Hall–Kier alpha value is -3.07. The summed E-state index contributed by atoms with van der Waals surface area (Å²) in [5, 5.41) is 2.58. The number of thioether (sulfide) groups is 1. The van der Waals surface area contributed by atoms with Gasteiger partial charge in [-0.25, -0.2) is 9.67 Å². The van der Waals surface area contributed by atoms with E-state index in [1.807, 2.05) is 37.3 Å². The largest absolute Gasteiger partial charge is 0.319 e. The molecule has 0 aliphatic rings. The lowest BCUT2D eigenvalue weighted by Gasteiger charge is -2.11. The molecular formula is C21H25N5O3S. The monoisotopic (exact) mass is 427 g/mol. The number of benzene rings is 1. The second-order valence-corrected chi connectivity index (χ2v) is 8.31. The molecule has 158 valence electrons. The molecule has 1 unspecified atom stereocenters. The SMILES string of the molecule is CCCc1cc(=O)[nH]c(SC(C)C(=O)Nc2c(C)n(C)n(-c3ccccc3)c2=O)n1. The van der Waals surface area contributed by atoms with Gasteiger partial charge in [0.25, 0.3) is 11.1 Å². The van der Waals surface area contributed by atoms with Crippen LogP contribution in [-0.2, 0) is 18.3 Å². The summed E-state index contributed by atoms with van der Waals surface area (Å²) in [6, 6.07) is 10.7. The van der Waals surface area contributed by atoms with E-state index in [1.54, 1.807) is 25.6 Å². The maximum absolute atomic E-state index is 12.9. The van der Waals surface area contributed by atoms with E-state index in [-0.39, 0.29) is 22.7 Å². The number of anilines is 1. The first-order chi connectivity index (χ1) is 14.3. The van der Waals surface area contributed by atoms with Crippen LogP contribution >= 0.6 is 11.8 Å². The number of amides is 1. The van der Waals surface area contributed by atoms with Crippen molar-refractivity contribution in [3.63, 3.8) is 0 Å². The minimum Gasteiger partial charge on any atom is -0.319 e. The van der Waals surface area contributed by atoms with E-state index in [2.05, 4.69) is 15.3 Å². The predicted octanol–water partition coefficient (Wildman–Crippen LogP) is 2.64. The number of hydrogen-bond donors (Lipinski definition) is 2. The van der Waals surface area contributed by atoms with Crippen molar-refractivity contribution in [2.45, 2.75) is 44.0 Å². The topological polar surface area (TPSA) is 102 Å². The molecule has 0 saturated carbocycles. The molecule has 8 nitrogen and oxygen atoms in total. The van der Waals surface area contributed by atoms with Crippen LogP contribution in [0.25, 0.3) is 5.69 Å². The molecule has 3 aromatic rings. The fraction of sp³-hybridized carbons (Fsp3) is 0.333. The van der Waals surface area contributed by atoms with Gasteiger partial charge in [-0.05, 0) is 32.4 Å². The summed E-state index contributed by atoms with van der Waals surface area (Å²) in [6.45, 7) is 5.50. The van der Waals surface area contributed by atoms with Gasteiger partial charge in [0.1, 0.15) is 5.69 Å². The zero-order valence-corrected chi connectivity index (χ0v) is 18.2. The molecule has 1 amide bonds. The minimum absolute atomic E-state index is 0.236. The summed E-state index contributed by atoms with van der Waals surface area (Å²) in [6.07, 6.45) is 1.57. The summed E-state index contributed by atoms with van der Waals surface area (Å²) in [4.78, 5) is 44.6. The third kappa shape index (κ3) is 4.56. The van der Waals surface area contributed by atoms with Crippen molar-refractivity contribution in [1.29, 1.82) is 0 Å². The number of hydrogen-bond acceptors (Lipinski definition) is 5. The molecule has 0 aliphatic heterocycles. The van der Waals surface area contributed by atoms with Crippen LogP contribution in [0.1, 0.15) is 31.7 Å². The number of H-pyrrole nitrogens is 1. The van der Waals surface area contributed by atoms with Gasteiger partial charge in [-0.1, -0.05) is 43.3 Å². The fourth-order valence-corrected chi connectivity index (χ4v) is 3.91. The molecule has 0 bridgehead atoms. The average molecular weight is 428 g/mol. The van der Waals surface area contributed by atoms with E-state index in [4.69, 9.17) is 0 Å². The number of aryl methyl sites for hydroxylation is 1. The second-order valence-electron chi connectivity index (χ2n) is 6.98. The van der Waals surface area contributed by atoms with Gasteiger partial charge < -0.3 is 10.3 Å². The van der Waals surface area contributed by atoms with Gasteiger partial charge in [-0.15, -0.1) is 0 Å². The maximum atomic E-state index is 12.9. The van der Waals surface area contributed by atoms with E-state index in [0.717, 1.165) is 18.2 Å². The molecule has 0 aliphatic carbocycles. The molecular weight excluding hydrogens is 402 g/mol. The van der Waals surface area contributed by atoms with Gasteiger partial charge in [0.2, 0.25) is 5.91 Å². The van der Waals surface area contributed by atoms with Crippen molar-refractivity contribution in [2.75, 3.05) is 5.32 Å². The maximum Gasteiger partial charge on any atom is 0.295 e. The van der Waals surface area contributed by atoms with Crippen LogP contribution in [0.3, 0.4) is 0 Å². The lowest BCUT2D eigenvalue weighted by atomic mass is 10.2. The Bertz CT molecular complexity index is 1160. The van der Waals surface area contributed by atoms with Crippen LogP contribution in [-0.4, -0.2) is 30.5 Å². The molecule has 3 rings (SSSR count). The minimum atomic E-state index is -0.561. The van der Waals surface area contributed by atoms with Crippen LogP contribution in [0.4, 0.5) is 5.69 Å². The van der Waals surface area contributed by atoms with Crippen LogP contribution in [0, 0.1) is 6.92 Å². The Balaban J connectivity index is 1.81. The van der Waals surface area contributed by atoms with Crippen molar-refractivity contribution >= 4 is 23.4 Å². The lowest BCUT2D eigenvalue weighted by molar-refractivity contribution is -0.115.